The van der Waals surface area contributed by atoms with Gasteiger partial charge in [-0.15, -0.1) is 0 Å². The van der Waals surface area contributed by atoms with Gasteiger partial charge < -0.3 is 15.2 Å². The molecule has 1 aromatic carbocycles. The number of carbonyl (C=O) groups excluding carboxylic acids is 1. The second-order valence-electron chi connectivity index (χ2n) is 3.64. The predicted molar refractivity (Wildman–Crippen MR) is 69.3 cm³/mol. The molecule has 0 aromatic heterocycles. The number of aliphatic hydroxyl groups excluding tert-OH is 1. The summed E-state index contributed by atoms with van der Waals surface area (Å²) >= 11 is 3.34. The van der Waals surface area contributed by atoms with Crippen molar-refractivity contribution in [2.24, 2.45) is 0 Å². The topological polar surface area (TPSA) is 58.6 Å². The summed E-state index contributed by atoms with van der Waals surface area (Å²) in [6, 6.07) is 6.91. The molecule has 17 heavy (non-hydrogen) atoms. The van der Waals surface area contributed by atoms with Crippen molar-refractivity contribution < 1.29 is 14.6 Å². The summed E-state index contributed by atoms with van der Waals surface area (Å²) in [5.74, 6) is -0.206. The van der Waals surface area contributed by atoms with E-state index in [0.29, 0.717) is 12.2 Å². The molecule has 0 bridgehead atoms. The number of hydrogen-bond donors (Lipinski definition) is 2. The Morgan fingerprint density at radius 3 is 2.59 bits per heavy atom. The summed E-state index contributed by atoms with van der Waals surface area (Å²) in [5, 5.41) is 12.5. The third-order valence-electron chi connectivity index (χ3n) is 2.29. The second-order valence-corrected chi connectivity index (χ2v) is 4.20. The van der Waals surface area contributed by atoms with E-state index >= 15 is 0 Å². The fraction of sp³-hybridized carbons (Fsp3) is 0.417. The quantitative estimate of drug-likeness (QED) is 0.779. The molecule has 0 saturated heterocycles. The Hall–Kier alpha value is -0.910. The van der Waals surface area contributed by atoms with Crippen molar-refractivity contribution in [2.75, 3.05) is 20.3 Å². The van der Waals surface area contributed by atoms with E-state index in [4.69, 9.17) is 9.84 Å². The first-order valence-corrected chi connectivity index (χ1v) is 6.39. The summed E-state index contributed by atoms with van der Waals surface area (Å²) in [4.78, 5) is 11.8. The zero-order valence-corrected chi connectivity index (χ0v) is 11.2. The number of rotatable bonds is 6. The minimum atomic E-state index is -0.372. The van der Waals surface area contributed by atoms with Crippen molar-refractivity contribution in [1.29, 1.82) is 0 Å². The predicted octanol–water partition coefficient (Wildman–Crippen LogP) is 1.32. The van der Waals surface area contributed by atoms with Gasteiger partial charge in [-0.25, -0.2) is 0 Å². The molecule has 2 N–H and O–H groups in total. The molecule has 0 radical (unpaired) electrons. The number of ether oxygens (including phenoxy) is 1. The maximum Gasteiger partial charge on any atom is 0.251 e. The van der Waals surface area contributed by atoms with E-state index in [1.54, 1.807) is 12.1 Å². The number of hydrogen-bond acceptors (Lipinski definition) is 3. The Bertz CT molecular complexity index is 353. The minimum absolute atomic E-state index is 0.140. The van der Waals surface area contributed by atoms with Crippen LogP contribution in [-0.2, 0) is 10.1 Å². The second kappa shape index (κ2) is 7.42. The van der Waals surface area contributed by atoms with Crippen LogP contribution >= 0.6 is 15.9 Å². The first kappa shape index (κ1) is 14.2. The number of amides is 1. The zero-order valence-electron chi connectivity index (χ0n) is 9.65. The highest BCUT2D eigenvalue weighted by atomic mass is 79.9. The summed E-state index contributed by atoms with van der Waals surface area (Å²) in [7, 11) is 1.53. The normalized spacial score (nSPS) is 12.2. The standard InChI is InChI=1S/C12H16BrNO3/c1-17-8-11(7-15)14-12(16)10-4-2-9(6-13)3-5-10/h2-5,11,15H,6-8H2,1H3,(H,14,16). The van der Waals surface area contributed by atoms with Crippen molar-refractivity contribution >= 4 is 21.8 Å². The van der Waals surface area contributed by atoms with E-state index in [-0.39, 0.29) is 18.6 Å². The van der Waals surface area contributed by atoms with Gasteiger partial charge in [-0.05, 0) is 17.7 Å². The molecule has 0 heterocycles. The monoisotopic (exact) mass is 301 g/mol. The number of halogens is 1. The molecule has 0 aliphatic heterocycles. The van der Waals surface area contributed by atoms with Gasteiger partial charge in [0.1, 0.15) is 0 Å². The molecule has 5 heteroatoms. The fourth-order valence-corrected chi connectivity index (χ4v) is 1.73. The van der Waals surface area contributed by atoms with Gasteiger partial charge in [0, 0.05) is 18.0 Å². The number of nitrogens with one attached hydrogen (secondary N) is 1. The first-order chi connectivity index (χ1) is 8.21. The third kappa shape index (κ3) is 4.46. The highest BCUT2D eigenvalue weighted by Crippen LogP contribution is 2.08. The number of aliphatic hydroxyl groups is 1. The van der Waals surface area contributed by atoms with Crippen LogP contribution in [0.2, 0.25) is 0 Å². The van der Waals surface area contributed by atoms with Crippen LogP contribution in [0.1, 0.15) is 15.9 Å². The van der Waals surface area contributed by atoms with Crippen LogP contribution < -0.4 is 5.32 Å². The van der Waals surface area contributed by atoms with Crippen LogP contribution in [0.3, 0.4) is 0 Å². The van der Waals surface area contributed by atoms with Gasteiger partial charge in [0.25, 0.3) is 5.91 Å². The Balaban J connectivity index is 2.62. The molecule has 1 unspecified atom stereocenters. The number of carbonyl (C=O) groups is 1. The number of alkyl halides is 1. The molecular weight excluding hydrogens is 286 g/mol. The maximum absolute atomic E-state index is 11.8. The van der Waals surface area contributed by atoms with E-state index in [9.17, 15) is 4.79 Å². The average Bonchev–Trinajstić information content (AvgIpc) is 2.38. The van der Waals surface area contributed by atoms with Crippen molar-refractivity contribution in [3.63, 3.8) is 0 Å². The van der Waals surface area contributed by atoms with Gasteiger partial charge in [0.2, 0.25) is 0 Å². The van der Waals surface area contributed by atoms with Crippen molar-refractivity contribution in [1.82, 2.24) is 5.32 Å². The van der Waals surface area contributed by atoms with Gasteiger partial charge in [0.05, 0.1) is 19.3 Å². The molecule has 0 fully saturated rings. The highest BCUT2D eigenvalue weighted by molar-refractivity contribution is 9.08. The molecule has 0 aliphatic carbocycles. The van der Waals surface area contributed by atoms with E-state index in [2.05, 4.69) is 21.2 Å². The summed E-state index contributed by atoms with van der Waals surface area (Å²) < 4.78 is 4.89. The lowest BCUT2D eigenvalue weighted by atomic mass is 10.1. The highest BCUT2D eigenvalue weighted by Gasteiger charge is 2.12. The molecule has 94 valence electrons. The van der Waals surface area contributed by atoms with Crippen molar-refractivity contribution in [3.8, 4) is 0 Å². The van der Waals surface area contributed by atoms with Crippen LogP contribution in [0.15, 0.2) is 24.3 Å². The molecule has 1 rings (SSSR count). The Kier molecular flexibility index (Phi) is 6.18. The average molecular weight is 302 g/mol. The van der Waals surface area contributed by atoms with Crippen LogP contribution in [0.5, 0.6) is 0 Å². The fourth-order valence-electron chi connectivity index (χ4n) is 1.36. The smallest absolute Gasteiger partial charge is 0.251 e. The summed E-state index contributed by atoms with van der Waals surface area (Å²) in [6.07, 6.45) is 0. The SMILES string of the molecule is COCC(CO)NC(=O)c1ccc(CBr)cc1. The van der Waals surface area contributed by atoms with Crippen LogP contribution in [0.4, 0.5) is 0 Å². The van der Waals surface area contributed by atoms with E-state index in [1.807, 2.05) is 12.1 Å². The zero-order chi connectivity index (χ0) is 12.7. The first-order valence-electron chi connectivity index (χ1n) is 5.26. The van der Waals surface area contributed by atoms with Crippen LogP contribution in [0.25, 0.3) is 0 Å². The minimum Gasteiger partial charge on any atom is -0.394 e. The molecule has 0 saturated carbocycles. The van der Waals surface area contributed by atoms with Crippen molar-refractivity contribution in [3.05, 3.63) is 35.4 Å². The number of methoxy groups -OCH3 is 1. The number of benzene rings is 1. The van der Waals surface area contributed by atoms with E-state index in [1.165, 1.54) is 7.11 Å². The molecule has 1 amide bonds. The molecule has 1 aromatic rings. The lowest BCUT2D eigenvalue weighted by Crippen LogP contribution is -2.40. The van der Waals surface area contributed by atoms with E-state index < -0.39 is 0 Å². The van der Waals surface area contributed by atoms with Crippen LogP contribution in [-0.4, -0.2) is 37.4 Å². The summed E-state index contributed by atoms with van der Waals surface area (Å²) in [5.41, 5.74) is 1.68. The van der Waals surface area contributed by atoms with Gasteiger partial charge in [-0.1, -0.05) is 28.1 Å². The molecule has 0 aliphatic rings. The Morgan fingerprint density at radius 1 is 1.47 bits per heavy atom. The lowest BCUT2D eigenvalue weighted by Gasteiger charge is -2.15. The van der Waals surface area contributed by atoms with Gasteiger partial charge in [0.15, 0.2) is 0 Å². The van der Waals surface area contributed by atoms with Crippen molar-refractivity contribution in [2.45, 2.75) is 11.4 Å². The van der Waals surface area contributed by atoms with Gasteiger partial charge in [-0.2, -0.15) is 0 Å². The lowest BCUT2D eigenvalue weighted by molar-refractivity contribution is 0.0839. The molecule has 0 spiro atoms. The Morgan fingerprint density at radius 2 is 2.12 bits per heavy atom. The van der Waals surface area contributed by atoms with Gasteiger partial charge >= 0.3 is 0 Å². The maximum atomic E-state index is 11.8. The largest absolute Gasteiger partial charge is 0.394 e. The van der Waals surface area contributed by atoms with Gasteiger partial charge in [-0.3, -0.25) is 4.79 Å². The summed E-state index contributed by atoms with van der Waals surface area (Å²) in [6.45, 7) is 0.154. The van der Waals surface area contributed by atoms with Crippen LogP contribution in [0, 0.1) is 0 Å². The molecular formula is C12H16BrNO3. The molecule has 4 nitrogen and oxygen atoms in total. The Labute approximate surface area is 109 Å². The molecule has 1 atom stereocenters. The third-order valence-corrected chi connectivity index (χ3v) is 2.94. The van der Waals surface area contributed by atoms with E-state index in [0.717, 1.165) is 10.9 Å².